The lowest BCUT2D eigenvalue weighted by molar-refractivity contribution is 0.0734. The molecule has 0 saturated carbocycles. The molecule has 0 fully saturated rings. The zero-order valence-electron chi connectivity index (χ0n) is 18.2. The number of thioether (sulfide) groups is 1. The number of hydrogen-bond acceptors (Lipinski definition) is 7. The van der Waals surface area contributed by atoms with E-state index in [1.54, 1.807) is 54.4 Å². The summed E-state index contributed by atoms with van der Waals surface area (Å²) in [6.45, 7) is 0. The number of nitrogens with zero attached hydrogens (tertiary/aromatic N) is 2. The van der Waals surface area contributed by atoms with Gasteiger partial charge in [0.1, 0.15) is 23.1 Å². The van der Waals surface area contributed by atoms with Gasteiger partial charge in [-0.3, -0.25) is 4.98 Å². The van der Waals surface area contributed by atoms with E-state index in [0.29, 0.717) is 22.6 Å². The minimum absolute atomic E-state index is 0.0412. The van der Waals surface area contributed by atoms with Gasteiger partial charge in [-0.25, -0.2) is 4.79 Å². The van der Waals surface area contributed by atoms with Crippen LogP contribution >= 0.6 is 11.8 Å². The maximum atomic E-state index is 12.8. The third-order valence-electron chi connectivity index (χ3n) is 5.69. The van der Waals surface area contributed by atoms with E-state index in [4.69, 9.17) is 15.2 Å². The van der Waals surface area contributed by atoms with Gasteiger partial charge in [0.25, 0.3) is 0 Å². The molecule has 6 nitrogen and oxygen atoms in total. The second kappa shape index (κ2) is 8.93. The average molecular weight is 466 g/mol. The fraction of sp³-hybridized carbons (Fsp3) is 0.0741. The Bertz CT molecular complexity index is 1490. The molecule has 1 aliphatic heterocycles. The van der Waals surface area contributed by atoms with E-state index >= 15 is 0 Å². The number of nitrogens with two attached hydrogens (primary N) is 1. The number of ether oxygens (including phenoxy) is 2. The van der Waals surface area contributed by atoms with Crippen molar-refractivity contribution in [3.8, 4) is 17.6 Å². The lowest BCUT2D eigenvalue weighted by Gasteiger charge is -2.26. The lowest BCUT2D eigenvalue weighted by Crippen LogP contribution is -2.21. The normalized spacial score (nSPS) is 14.8. The summed E-state index contributed by atoms with van der Waals surface area (Å²) in [6, 6.07) is 24.2. The molecule has 7 heteroatoms. The van der Waals surface area contributed by atoms with Crippen molar-refractivity contribution in [3.63, 3.8) is 0 Å². The summed E-state index contributed by atoms with van der Waals surface area (Å²) in [4.78, 5) is 18.2. The maximum absolute atomic E-state index is 12.8. The van der Waals surface area contributed by atoms with Crippen LogP contribution in [0.5, 0.6) is 11.5 Å². The summed E-state index contributed by atoms with van der Waals surface area (Å²) in [5.74, 6) is -0.0584. The molecular formula is C27H19N3O3S. The number of carbonyl (C=O) groups is 1. The molecule has 1 unspecified atom stereocenters. The van der Waals surface area contributed by atoms with Crippen molar-refractivity contribution in [1.82, 2.24) is 4.98 Å². The van der Waals surface area contributed by atoms with Gasteiger partial charge < -0.3 is 15.2 Å². The molecular weight excluding hydrogens is 446 g/mol. The second-order valence-corrected chi connectivity index (χ2v) is 8.58. The molecule has 1 aromatic heterocycles. The van der Waals surface area contributed by atoms with Crippen LogP contribution < -0.4 is 15.2 Å². The molecule has 0 aliphatic carbocycles. The van der Waals surface area contributed by atoms with Gasteiger partial charge in [-0.2, -0.15) is 5.26 Å². The number of benzene rings is 3. The molecule has 0 bridgehead atoms. The highest BCUT2D eigenvalue weighted by Gasteiger charge is 2.31. The molecule has 1 aliphatic rings. The highest BCUT2D eigenvalue weighted by Crippen LogP contribution is 2.43. The van der Waals surface area contributed by atoms with Crippen LogP contribution in [0.3, 0.4) is 0 Å². The summed E-state index contributed by atoms with van der Waals surface area (Å²) in [7, 11) is 0. The number of pyridine rings is 1. The summed E-state index contributed by atoms with van der Waals surface area (Å²) in [6.07, 6.45) is 3.71. The Morgan fingerprint density at radius 1 is 1.12 bits per heavy atom. The molecule has 0 radical (unpaired) electrons. The maximum Gasteiger partial charge on any atom is 0.343 e. The Kier molecular flexibility index (Phi) is 5.66. The first-order valence-corrected chi connectivity index (χ1v) is 11.7. The monoisotopic (exact) mass is 465 g/mol. The first kappa shape index (κ1) is 21.6. The molecule has 5 rings (SSSR count). The number of aromatic nitrogens is 1. The van der Waals surface area contributed by atoms with Crippen LogP contribution in [-0.2, 0) is 0 Å². The van der Waals surface area contributed by atoms with Crippen molar-refractivity contribution in [2.45, 2.75) is 10.8 Å². The second-order valence-electron chi connectivity index (χ2n) is 7.70. The first-order valence-electron chi connectivity index (χ1n) is 10.5. The SMILES string of the molecule is CSc1ccc(C2C(C#N)=C(N)Oc3cc(OC(=O)c4ccc5ncccc5c4)ccc32)cc1. The molecule has 0 amide bonds. The van der Waals surface area contributed by atoms with Crippen LogP contribution in [0.1, 0.15) is 27.4 Å². The first-order chi connectivity index (χ1) is 16.6. The fourth-order valence-corrected chi connectivity index (χ4v) is 4.42. The number of allylic oxidation sites excluding steroid dienone is 1. The van der Waals surface area contributed by atoms with Crippen LogP contribution in [0.25, 0.3) is 10.9 Å². The fourth-order valence-electron chi connectivity index (χ4n) is 4.01. The third kappa shape index (κ3) is 3.96. The van der Waals surface area contributed by atoms with E-state index in [-0.39, 0.29) is 11.8 Å². The van der Waals surface area contributed by atoms with Crippen molar-refractivity contribution in [2.75, 3.05) is 6.26 Å². The summed E-state index contributed by atoms with van der Waals surface area (Å²) >= 11 is 1.64. The average Bonchev–Trinajstić information content (AvgIpc) is 2.87. The third-order valence-corrected chi connectivity index (χ3v) is 6.43. The molecule has 34 heavy (non-hydrogen) atoms. The molecule has 2 heterocycles. The zero-order chi connectivity index (χ0) is 23.7. The number of esters is 1. The van der Waals surface area contributed by atoms with Gasteiger partial charge in [-0.15, -0.1) is 11.8 Å². The van der Waals surface area contributed by atoms with Gasteiger partial charge in [0.05, 0.1) is 17.0 Å². The van der Waals surface area contributed by atoms with Crippen molar-refractivity contribution in [1.29, 1.82) is 5.26 Å². The van der Waals surface area contributed by atoms with Crippen molar-refractivity contribution in [2.24, 2.45) is 5.73 Å². The standard InChI is InChI=1S/C27H19N3O3S/c1-34-20-8-4-16(5-9-20)25-21-10-7-19(14-24(21)33-26(29)22(25)15-28)32-27(31)18-6-11-23-17(13-18)3-2-12-30-23/h2-14,25H,29H2,1H3. The van der Waals surface area contributed by atoms with Gasteiger partial charge >= 0.3 is 5.97 Å². The number of carbonyl (C=O) groups excluding carboxylic acids is 1. The largest absolute Gasteiger partial charge is 0.440 e. The quantitative estimate of drug-likeness (QED) is 0.245. The summed E-state index contributed by atoms with van der Waals surface area (Å²) in [5, 5.41) is 10.6. The molecule has 1 atom stereocenters. The summed E-state index contributed by atoms with van der Waals surface area (Å²) in [5.41, 5.74) is 9.36. The molecule has 4 aromatic rings. The van der Waals surface area contributed by atoms with Crippen LogP contribution in [-0.4, -0.2) is 17.2 Å². The Balaban J connectivity index is 1.46. The molecule has 3 aromatic carbocycles. The van der Waals surface area contributed by atoms with E-state index in [2.05, 4.69) is 11.1 Å². The van der Waals surface area contributed by atoms with Crippen LogP contribution in [0.2, 0.25) is 0 Å². The van der Waals surface area contributed by atoms with Gasteiger partial charge in [-0.1, -0.05) is 24.3 Å². The number of rotatable bonds is 4. The Labute approximate surface area is 200 Å². The van der Waals surface area contributed by atoms with Crippen LogP contribution in [0.4, 0.5) is 0 Å². The highest BCUT2D eigenvalue weighted by molar-refractivity contribution is 7.98. The minimum Gasteiger partial charge on any atom is -0.440 e. The minimum atomic E-state index is -0.494. The Morgan fingerprint density at radius 3 is 2.71 bits per heavy atom. The number of nitriles is 1. The summed E-state index contributed by atoms with van der Waals surface area (Å²) < 4.78 is 11.4. The molecule has 0 saturated heterocycles. The zero-order valence-corrected chi connectivity index (χ0v) is 19.0. The van der Waals surface area contributed by atoms with Gasteiger partial charge in [0.2, 0.25) is 5.88 Å². The predicted octanol–water partition coefficient (Wildman–Crippen LogP) is 5.39. The lowest BCUT2D eigenvalue weighted by atomic mass is 9.83. The Hall–Kier alpha value is -4.28. The van der Waals surface area contributed by atoms with E-state index < -0.39 is 5.97 Å². The number of hydrogen-bond donors (Lipinski definition) is 1. The molecule has 166 valence electrons. The topological polar surface area (TPSA) is 98.2 Å². The number of fused-ring (bicyclic) bond motifs is 2. The van der Waals surface area contributed by atoms with Crippen molar-refractivity contribution >= 4 is 28.6 Å². The van der Waals surface area contributed by atoms with E-state index in [1.165, 1.54) is 0 Å². The van der Waals surface area contributed by atoms with Crippen LogP contribution in [0, 0.1) is 11.3 Å². The van der Waals surface area contributed by atoms with Crippen molar-refractivity contribution < 1.29 is 14.3 Å². The highest BCUT2D eigenvalue weighted by atomic mass is 32.2. The predicted molar refractivity (Wildman–Crippen MR) is 131 cm³/mol. The van der Waals surface area contributed by atoms with E-state index in [9.17, 15) is 10.1 Å². The smallest absolute Gasteiger partial charge is 0.343 e. The Morgan fingerprint density at radius 2 is 1.94 bits per heavy atom. The molecule has 0 spiro atoms. The van der Waals surface area contributed by atoms with Gasteiger partial charge in [0, 0.05) is 28.1 Å². The van der Waals surface area contributed by atoms with Crippen LogP contribution in [0.15, 0.2) is 95.3 Å². The van der Waals surface area contributed by atoms with E-state index in [0.717, 1.165) is 26.9 Å². The van der Waals surface area contributed by atoms with E-state index in [1.807, 2.05) is 42.7 Å². The molecule has 2 N–H and O–H groups in total. The van der Waals surface area contributed by atoms with Gasteiger partial charge in [0.15, 0.2) is 0 Å². The van der Waals surface area contributed by atoms with Gasteiger partial charge in [-0.05, 0) is 54.3 Å². The van der Waals surface area contributed by atoms with Crippen molar-refractivity contribution in [3.05, 3.63) is 107 Å².